The Kier molecular flexibility index (Phi) is 14.8. The van der Waals surface area contributed by atoms with E-state index >= 15 is 0 Å². The van der Waals surface area contributed by atoms with Gasteiger partial charge in [-0.3, -0.25) is 0 Å². The zero-order valence-electron chi connectivity index (χ0n) is 22.1. The summed E-state index contributed by atoms with van der Waals surface area (Å²) in [6, 6.07) is 11.5. The SMILES string of the molecule is CO[Si](CCCN(CCCNCc1cccc(Cl)c1O)CCCNCc1cccc(Cl)c1O)(OC)OC. The van der Waals surface area contributed by atoms with Crippen molar-refractivity contribution in [2.75, 3.05) is 54.1 Å². The van der Waals surface area contributed by atoms with Gasteiger partial charge in [0.2, 0.25) is 0 Å². The number of phenols is 2. The van der Waals surface area contributed by atoms with Crippen LogP contribution in [0.2, 0.25) is 16.1 Å². The van der Waals surface area contributed by atoms with E-state index in [1.54, 1.807) is 33.5 Å². The Balaban J connectivity index is 1.79. The summed E-state index contributed by atoms with van der Waals surface area (Å²) in [6.45, 7) is 5.56. The van der Waals surface area contributed by atoms with Crippen molar-refractivity contribution >= 4 is 32.0 Å². The first-order chi connectivity index (χ1) is 17.9. The van der Waals surface area contributed by atoms with E-state index in [1.165, 1.54) is 0 Å². The number of halogens is 2. The van der Waals surface area contributed by atoms with Crippen LogP contribution >= 0.6 is 23.2 Å². The van der Waals surface area contributed by atoms with Crippen LogP contribution in [0.4, 0.5) is 0 Å². The molecule has 0 amide bonds. The largest absolute Gasteiger partial charge is 0.506 e. The molecule has 11 heteroatoms. The van der Waals surface area contributed by atoms with Crippen LogP contribution < -0.4 is 10.6 Å². The molecule has 2 aromatic rings. The quantitative estimate of drug-likeness (QED) is 0.143. The van der Waals surface area contributed by atoms with Crippen LogP contribution in [0.5, 0.6) is 11.5 Å². The molecule has 4 N–H and O–H groups in total. The second-order valence-electron chi connectivity index (χ2n) is 8.80. The van der Waals surface area contributed by atoms with Gasteiger partial charge in [0.25, 0.3) is 0 Å². The molecule has 0 aliphatic carbocycles. The Bertz CT molecular complexity index is 867. The van der Waals surface area contributed by atoms with E-state index in [9.17, 15) is 10.2 Å². The summed E-state index contributed by atoms with van der Waals surface area (Å²) in [5.41, 5.74) is 1.59. The molecule has 0 saturated carbocycles. The number of phenolic OH excluding ortho intramolecular Hbond substituents is 2. The fraction of sp³-hybridized carbons (Fsp3) is 0.538. The van der Waals surface area contributed by atoms with Gasteiger partial charge >= 0.3 is 8.80 Å². The molecule has 0 aliphatic heterocycles. The van der Waals surface area contributed by atoms with Gasteiger partial charge < -0.3 is 39.0 Å². The lowest BCUT2D eigenvalue weighted by Gasteiger charge is -2.27. The number of aromatic hydroxyl groups is 2. The Labute approximate surface area is 232 Å². The summed E-state index contributed by atoms with van der Waals surface area (Å²) >= 11 is 12.0. The zero-order valence-corrected chi connectivity index (χ0v) is 24.6. The van der Waals surface area contributed by atoms with Crippen molar-refractivity contribution in [2.24, 2.45) is 0 Å². The van der Waals surface area contributed by atoms with Crippen LogP contribution in [0.1, 0.15) is 30.4 Å². The maximum Gasteiger partial charge on any atom is 0.500 e. The van der Waals surface area contributed by atoms with Gasteiger partial charge in [0.1, 0.15) is 11.5 Å². The molecule has 208 valence electrons. The first kappa shape index (κ1) is 31.8. The molecule has 0 atom stereocenters. The third-order valence-electron chi connectivity index (χ3n) is 6.32. The lowest BCUT2D eigenvalue weighted by atomic mass is 10.2. The van der Waals surface area contributed by atoms with E-state index in [2.05, 4.69) is 15.5 Å². The highest BCUT2D eigenvalue weighted by Gasteiger charge is 2.37. The molecule has 0 aliphatic rings. The molecular weight excluding hydrogens is 533 g/mol. The number of hydrogen-bond acceptors (Lipinski definition) is 8. The van der Waals surface area contributed by atoms with Crippen molar-refractivity contribution in [3.63, 3.8) is 0 Å². The molecule has 0 spiro atoms. The van der Waals surface area contributed by atoms with Gasteiger partial charge in [-0.15, -0.1) is 0 Å². The summed E-state index contributed by atoms with van der Waals surface area (Å²) in [5.74, 6) is 0.276. The Morgan fingerprint density at radius 1 is 0.730 bits per heavy atom. The molecule has 0 fully saturated rings. The van der Waals surface area contributed by atoms with Crippen molar-refractivity contribution in [1.82, 2.24) is 15.5 Å². The summed E-state index contributed by atoms with van der Waals surface area (Å²) in [5, 5.41) is 27.7. The van der Waals surface area contributed by atoms with Gasteiger partial charge in [0.15, 0.2) is 0 Å². The van der Waals surface area contributed by atoms with Crippen molar-refractivity contribution in [1.29, 1.82) is 0 Å². The number of para-hydroxylation sites is 2. The van der Waals surface area contributed by atoms with E-state index in [0.29, 0.717) is 23.1 Å². The normalized spacial score (nSPS) is 11.9. The Hall–Kier alpha value is -1.40. The lowest BCUT2D eigenvalue weighted by molar-refractivity contribution is 0.121. The predicted molar refractivity (Wildman–Crippen MR) is 152 cm³/mol. The number of rotatable bonds is 19. The molecule has 0 heterocycles. The number of benzene rings is 2. The van der Waals surface area contributed by atoms with Gasteiger partial charge in [-0.25, -0.2) is 0 Å². The Morgan fingerprint density at radius 3 is 1.59 bits per heavy atom. The van der Waals surface area contributed by atoms with E-state index in [0.717, 1.165) is 69.2 Å². The summed E-state index contributed by atoms with van der Waals surface area (Å²) in [6.07, 6.45) is 2.84. The molecular formula is C26H41Cl2N3O5Si. The Morgan fingerprint density at radius 2 is 1.16 bits per heavy atom. The first-order valence-electron chi connectivity index (χ1n) is 12.6. The number of nitrogens with one attached hydrogen (secondary N) is 2. The van der Waals surface area contributed by atoms with Crippen LogP contribution in [0.3, 0.4) is 0 Å². The molecule has 0 unspecified atom stereocenters. The topological polar surface area (TPSA) is 95.5 Å². The van der Waals surface area contributed by atoms with Gasteiger partial charge in [-0.05, 0) is 64.1 Å². The predicted octanol–water partition coefficient (Wildman–Crippen LogP) is 4.63. The number of hydrogen-bond donors (Lipinski definition) is 4. The molecule has 2 aromatic carbocycles. The van der Waals surface area contributed by atoms with E-state index in [-0.39, 0.29) is 11.5 Å². The van der Waals surface area contributed by atoms with Crippen molar-refractivity contribution in [3.8, 4) is 11.5 Å². The third-order valence-corrected chi connectivity index (χ3v) is 9.76. The van der Waals surface area contributed by atoms with Crippen LogP contribution in [-0.4, -0.2) is 78.0 Å². The summed E-state index contributed by atoms with van der Waals surface area (Å²) < 4.78 is 16.7. The molecule has 2 rings (SSSR count). The van der Waals surface area contributed by atoms with Gasteiger partial charge in [0.05, 0.1) is 10.0 Å². The van der Waals surface area contributed by atoms with Crippen LogP contribution in [0.25, 0.3) is 0 Å². The molecule has 0 saturated heterocycles. The maximum atomic E-state index is 10.1. The molecule has 0 aromatic heterocycles. The molecule has 0 radical (unpaired) electrons. The zero-order chi connectivity index (χ0) is 27.1. The highest BCUT2D eigenvalue weighted by atomic mass is 35.5. The van der Waals surface area contributed by atoms with Crippen molar-refractivity contribution < 1.29 is 23.5 Å². The first-order valence-corrected chi connectivity index (χ1v) is 15.3. The van der Waals surface area contributed by atoms with Crippen LogP contribution in [0, 0.1) is 0 Å². The molecule has 0 bridgehead atoms. The number of nitrogens with zero attached hydrogens (tertiary/aromatic N) is 1. The van der Waals surface area contributed by atoms with Gasteiger partial charge in [-0.2, -0.15) is 0 Å². The second kappa shape index (κ2) is 17.2. The van der Waals surface area contributed by atoms with E-state index in [1.807, 2.05) is 24.3 Å². The highest BCUT2D eigenvalue weighted by Crippen LogP contribution is 2.27. The van der Waals surface area contributed by atoms with Crippen LogP contribution in [0.15, 0.2) is 36.4 Å². The average Bonchev–Trinajstić information content (AvgIpc) is 2.90. The van der Waals surface area contributed by atoms with Crippen LogP contribution in [-0.2, 0) is 26.4 Å². The van der Waals surface area contributed by atoms with Crippen molar-refractivity contribution in [3.05, 3.63) is 57.6 Å². The molecule has 8 nitrogen and oxygen atoms in total. The lowest BCUT2D eigenvalue weighted by Crippen LogP contribution is -2.43. The second-order valence-corrected chi connectivity index (χ2v) is 12.7. The summed E-state index contributed by atoms with van der Waals surface area (Å²) in [4.78, 5) is 2.44. The van der Waals surface area contributed by atoms with Gasteiger partial charge in [-0.1, -0.05) is 47.5 Å². The van der Waals surface area contributed by atoms with E-state index in [4.69, 9.17) is 36.5 Å². The summed E-state index contributed by atoms with van der Waals surface area (Å²) in [7, 11) is 2.34. The van der Waals surface area contributed by atoms with Crippen molar-refractivity contribution in [2.45, 2.75) is 38.4 Å². The minimum Gasteiger partial charge on any atom is -0.506 e. The standard InChI is InChI=1S/C26H41Cl2N3O5Si/c1-34-37(35-2,36-3)18-8-17-31(15-6-13-29-19-21-9-4-11-23(27)25(21)32)16-7-14-30-20-22-10-5-12-24(28)26(22)33/h4-5,9-12,29-30,32-33H,6-8,13-20H2,1-3H3. The highest BCUT2D eigenvalue weighted by molar-refractivity contribution is 6.60. The monoisotopic (exact) mass is 573 g/mol. The average molecular weight is 575 g/mol. The minimum atomic E-state index is -2.59. The minimum absolute atomic E-state index is 0.138. The fourth-order valence-corrected chi connectivity index (χ4v) is 6.21. The smallest absolute Gasteiger partial charge is 0.500 e. The third kappa shape index (κ3) is 10.7. The maximum absolute atomic E-state index is 10.1. The fourth-order valence-electron chi connectivity index (χ4n) is 4.12. The molecule has 37 heavy (non-hydrogen) atoms. The van der Waals surface area contributed by atoms with Gasteiger partial charge in [0, 0.05) is 51.6 Å². The van der Waals surface area contributed by atoms with E-state index < -0.39 is 8.80 Å².